The zero-order valence-electron chi connectivity index (χ0n) is 16.1. The van der Waals surface area contributed by atoms with Crippen molar-refractivity contribution in [3.63, 3.8) is 0 Å². The fourth-order valence-corrected chi connectivity index (χ4v) is 4.23. The van der Waals surface area contributed by atoms with Gasteiger partial charge in [-0.3, -0.25) is 9.59 Å². The highest BCUT2D eigenvalue weighted by Gasteiger charge is 2.18. The molecule has 0 spiro atoms. The van der Waals surface area contributed by atoms with Crippen LogP contribution in [0.25, 0.3) is 10.9 Å². The van der Waals surface area contributed by atoms with Crippen LogP contribution in [0.5, 0.6) is 0 Å². The van der Waals surface area contributed by atoms with Gasteiger partial charge in [-0.2, -0.15) is 0 Å². The van der Waals surface area contributed by atoms with Crippen LogP contribution < -0.4 is 15.5 Å². The Labute approximate surface area is 168 Å². The summed E-state index contributed by atoms with van der Waals surface area (Å²) in [5.41, 5.74) is 5.05. The molecule has 0 bridgehead atoms. The van der Waals surface area contributed by atoms with E-state index in [0.717, 1.165) is 36.1 Å². The molecule has 1 aliphatic carbocycles. The summed E-state index contributed by atoms with van der Waals surface area (Å²) in [5, 5.41) is 6.88. The summed E-state index contributed by atoms with van der Waals surface area (Å²) < 4.78 is 0. The average Bonchev–Trinajstić information content (AvgIpc) is 3.12. The Morgan fingerprint density at radius 3 is 2.86 bits per heavy atom. The first kappa shape index (κ1) is 17.7. The zero-order valence-corrected chi connectivity index (χ0v) is 16.1. The molecule has 7 nitrogen and oxygen atoms in total. The Kier molecular flexibility index (Phi) is 4.42. The van der Waals surface area contributed by atoms with Crippen molar-refractivity contribution in [2.24, 2.45) is 0 Å². The number of anilines is 2. The van der Waals surface area contributed by atoms with Crippen molar-refractivity contribution >= 4 is 34.2 Å². The first-order valence-electron chi connectivity index (χ1n) is 10.1. The van der Waals surface area contributed by atoms with Crippen LogP contribution >= 0.6 is 0 Å². The second-order valence-corrected chi connectivity index (χ2v) is 7.68. The Hall–Kier alpha value is -3.35. The minimum atomic E-state index is -0.149. The number of rotatable bonds is 3. The van der Waals surface area contributed by atoms with Gasteiger partial charge in [0.25, 0.3) is 5.91 Å². The smallest absolute Gasteiger partial charge is 0.255 e. The van der Waals surface area contributed by atoms with Gasteiger partial charge in [-0.25, -0.2) is 4.98 Å². The van der Waals surface area contributed by atoms with Crippen LogP contribution in [-0.2, 0) is 17.6 Å². The number of benzene rings is 1. The third-order valence-electron chi connectivity index (χ3n) is 5.73. The number of fused-ring (bicyclic) bond motifs is 3. The molecule has 1 aliphatic heterocycles. The molecular formula is C22H23N5O2. The average molecular weight is 389 g/mol. The normalized spacial score (nSPS) is 16.4. The summed E-state index contributed by atoms with van der Waals surface area (Å²) >= 11 is 0. The van der Waals surface area contributed by atoms with E-state index in [-0.39, 0.29) is 11.8 Å². The van der Waals surface area contributed by atoms with Gasteiger partial charge < -0.3 is 20.5 Å². The molecule has 1 saturated heterocycles. The predicted octanol–water partition coefficient (Wildman–Crippen LogP) is 2.63. The molecule has 2 aromatic heterocycles. The lowest BCUT2D eigenvalue weighted by molar-refractivity contribution is -0.120. The monoisotopic (exact) mass is 389 g/mol. The van der Waals surface area contributed by atoms with Crippen LogP contribution in [0.2, 0.25) is 0 Å². The van der Waals surface area contributed by atoms with Crippen LogP contribution in [-0.4, -0.2) is 41.4 Å². The molecular weight excluding hydrogens is 366 g/mol. The minimum absolute atomic E-state index is 0.00207. The Balaban J connectivity index is 1.33. The van der Waals surface area contributed by atoms with Crippen molar-refractivity contribution in [1.82, 2.24) is 15.3 Å². The molecule has 2 amide bonds. The molecule has 3 aromatic rings. The SMILES string of the molecule is O=C1CN(c2ccc(NC(=O)c3ccc4[nH]c5c(c4c3)CCCC5)cn2)CCN1. The molecule has 5 rings (SSSR count). The molecule has 0 atom stereocenters. The number of carbonyl (C=O) groups excluding carboxylic acids is 2. The zero-order chi connectivity index (χ0) is 19.8. The second-order valence-electron chi connectivity index (χ2n) is 7.68. The van der Waals surface area contributed by atoms with Gasteiger partial charge in [0.2, 0.25) is 5.91 Å². The number of piperazine rings is 1. The third-order valence-corrected chi connectivity index (χ3v) is 5.73. The summed E-state index contributed by atoms with van der Waals surface area (Å²) in [5.74, 6) is 0.584. The second kappa shape index (κ2) is 7.24. The summed E-state index contributed by atoms with van der Waals surface area (Å²) in [6.45, 7) is 1.65. The third kappa shape index (κ3) is 3.44. The number of carbonyl (C=O) groups is 2. The number of hydrogen-bond acceptors (Lipinski definition) is 4. The lowest BCUT2D eigenvalue weighted by Crippen LogP contribution is -2.48. The van der Waals surface area contributed by atoms with Crippen molar-refractivity contribution in [1.29, 1.82) is 0 Å². The highest BCUT2D eigenvalue weighted by atomic mass is 16.2. The first-order chi connectivity index (χ1) is 14.2. The summed E-state index contributed by atoms with van der Waals surface area (Å²) in [4.78, 5) is 34.1. The van der Waals surface area contributed by atoms with Crippen molar-refractivity contribution in [3.8, 4) is 0 Å². The van der Waals surface area contributed by atoms with Gasteiger partial charge in [0.15, 0.2) is 0 Å². The van der Waals surface area contributed by atoms with E-state index in [1.807, 2.05) is 35.2 Å². The fourth-order valence-electron chi connectivity index (χ4n) is 4.23. The van der Waals surface area contributed by atoms with E-state index in [1.165, 1.54) is 24.1 Å². The molecule has 3 heterocycles. The quantitative estimate of drug-likeness (QED) is 0.642. The van der Waals surface area contributed by atoms with E-state index in [1.54, 1.807) is 6.20 Å². The Bertz CT molecular complexity index is 1090. The number of pyridine rings is 1. The van der Waals surface area contributed by atoms with Gasteiger partial charge >= 0.3 is 0 Å². The summed E-state index contributed by atoms with van der Waals surface area (Å²) in [7, 11) is 0. The lowest BCUT2D eigenvalue weighted by atomic mass is 9.95. The van der Waals surface area contributed by atoms with Crippen LogP contribution in [0.15, 0.2) is 36.5 Å². The van der Waals surface area contributed by atoms with Crippen molar-refractivity contribution in [3.05, 3.63) is 53.3 Å². The number of aromatic nitrogens is 2. The van der Waals surface area contributed by atoms with Gasteiger partial charge in [-0.1, -0.05) is 0 Å². The largest absolute Gasteiger partial charge is 0.358 e. The van der Waals surface area contributed by atoms with E-state index in [4.69, 9.17) is 0 Å². The molecule has 2 aliphatic rings. The number of nitrogens with zero attached hydrogens (tertiary/aromatic N) is 2. The maximum absolute atomic E-state index is 12.8. The van der Waals surface area contributed by atoms with Crippen LogP contribution in [0.1, 0.15) is 34.5 Å². The van der Waals surface area contributed by atoms with Gasteiger partial charge in [-0.05, 0) is 61.6 Å². The molecule has 0 radical (unpaired) electrons. The molecule has 3 N–H and O–H groups in total. The number of amides is 2. The standard InChI is InChI=1S/C22H23N5O2/c28-21-13-27(10-9-23-21)20-8-6-15(12-24-20)25-22(29)14-5-7-19-17(11-14)16-3-1-2-4-18(16)26-19/h5-8,11-12,26H,1-4,9-10,13H2,(H,23,28)(H,25,29). The number of hydrogen-bond donors (Lipinski definition) is 3. The maximum Gasteiger partial charge on any atom is 0.255 e. The molecule has 0 unspecified atom stereocenters. The van der Waals surface area contributed by atoms with Crippen LogP contribution in [0, 0.1) is 0 Å². The number of H-pyrrole nitrogens is 1. The topological polar surface area (TPSA) is 90.1 Å². The fraction of sp³-hybridized carbons (Fsp3) is 0.318. The molecule has 1 fully saturated rings. The van der Waals surface area contributed by atoms with Crippen molar-refractivity contribution in [2.75, 3.05) is 29.9 Å². The van der Waals surface area contributed by atoms with E-state index >= 15 is 0 Å². The maximum atomic E-state index is 12.8. The summed E-state index contributed by atoms with van der Waals surface area (Å²) in [6, 6.07) is 9.49. The van der Waals surface area contributed by atoms with Gasteiger partial charge in [0.05, 0.1) is 18.4 Å². The molecule has 29 heavy (non-hydrogen) atoms. The lowest BCUT2D eigenvalue weighted by Gasteiger charge is -2.27. The van der Waals surface area contributed by atoms with Crippen molar-refractivity contribution < 1.29 is 9.59 Å². The van der Waals surface area contributed by atoms with E-state index in [2.05, 4.69) is 20.6 Å². The van der Waals surface area contributed by atoms with Gasteiger partial charge in [-0.15, -0.1) is 0 Å². The van der Waals surface area contributed by atoms with E-state index in [9.17, 15) is 9.59 Å². The Morgan fingerprint density at radius 2 is 2.03 bits per heavy atom. The van der Waals surface area contributed by atoms with E-state index < -0.39 is 0 Å². The molecule has 1 aromatic carbocycles. The number of aromatic amines is 1. The van der Waals surface area contributed by atoms with Crippen LogP contribution in [0.4, 0.5) is 11.5 Å². The van der Waals surface area contributed by atoms with Crippen molar-refractivity contribution in [2.45, 2.75) is 25.7 Å². The number of aryl methyl sites for hydroxylation is 2. The highest BCUT2D eigenvalue weighted by Crippen LogP contribution is 2.30. The highest BCUT2D eigenvalue weighted by molar-refractivity contribution is 6.06. The van der Waals surface area contributed by atoms with Crippen LogP contribution in [0.3, 0.4) is 0 Å². The predicted molar refractivity (Wildman–Crippen MR) is 112 cm³/mol. The van der Waals surface area contributed by atoms with E-state index in [0.29, 0.717) is 24.3 Å². The molecule has 148 valence electrons. The summed E-state index contributed by atoms with van der Waals surface area (Å²) in [6.07, 6.45) is 6.21. The van der Waals surface area contributed by atoms with Gasteiger partial charge in [0, 0.05) is 35.2 Å². The number of nitrogens with one attached hydrogen (secondary N) is 3. The Morgan fingerprint density at radius 1 is 1.14 bits per heavy atom. The minimum Gasteiger partial charge on any atom is -0.358 e. The first-order valence-corrected chi connectivity index (χ1v) is 10.1. The van der Waals surface area contributed by atoms with Gasteiger partial charge in [0.1, 0.15) is 5.82 Å². The molecule has 7 heteroatoms. The molecule has 0 saturated carbocycles.